The van der Waals surface area contributed by atoms with Crippen molar-refractivity contribution in [2.45, 2.75) is 6.43 Å². The van der Waals surface area contributed by atoms with Gasteiger partial charge in [0, 0.05) is 6.20 Å². The lowest BCUT2D eigenvalue weighted by atomic mass is 10.2. The smallest absolute Gasteiger partial charge is 0.224 e. The van der Waals surface area contributed by atoms with Crippen LogP contribution >= 0.6 is 11.6 Å². The molecule has 0 aliphatic heterocycles. The first kappa shape index (κ1) is 9.25. The second kappa shape index (κ2) is 3.26. The summed E-state index contributed by atoms with van der Waals surface area (Å²) in [5.41, 5.74) is -1.15. The third-order valence-corrected chi connectivity index (χ3v) is 1.49. The van der Waals surface area contributed by atoms with Crippen LogP contribution in [0.15, 0.2) is 6.20 Å². The van der Waals surface area contributed by atoms with Crippen LogP contribution in [-0.4, -0.2) is 4.98 Å². The third kappa shape index (κ3) is 1.50. The quantitative estimate of drug-likeness (QED) is 0.501. The van der Waals surface area contributed by atoms with Gasteiger partial charge in [0.15, 0.2) is 5.82 Å². The highest BCUT2D eigenvalue weighted by Gasteiger charge is 2.21. The number of hydrogen-bond donors (Lipinski definition) is 0. The van der Waals surface area contributed by atoms with E-state index in [4.69, 9.17) is 11.6 Å². The molecule has 0 radical (unpaired) electrons. The molecule has 0 bridgehead atoms. The van der Waals surface area contributed by atoms with Gasteiger partial charge in [-0.05, 0) is 0 Å². The van der Waals surface area contributed by atoms with Crippen molar-refractivity contribution in [3.8, 4) is 0 Å². The number of halogens is 5. The first-order valence-electron chi connectivity index (χ1n) is 2.81. The Bertz CT molecular complexity index is 302. The average molecular weight is 200 g/mol. The molecule has 0 spiro atoms. The molecule has 1 nitrogen and oxygen atoms in total. The van der Waals surface area contributed by atoms with E-state index in [1.807, 2.05) is 0 Å². The Hall–Kier alpha value is -0.840. The van der Waals surface area contributed by atoms with Crippen LogP contribution < -0.4 is 0 Å². The van der Waals surface area contributed by atoms with Crippen molar-refractivity contribution in [3.63, 3.8) is 0 Å². The minimum Gasteiger partial charge on any atom is -0.224 e. The van der Waals surface area contributed by atoms with E-state index in [0.717, 1.165) is 0 Å². The highest BCUT2D eigenvalue weighted by atomic mass is 35.5. The molecule has 0 saturated carbocycles. The first-order chi connectivity index (χ1) is 5.54. The van der Waals surface area contributed by atoms with Gasteiger partial charge in [0.1, 0.15) is 0 Å². The molecule has 6 heteroatoms. The van der Waals surface area contributed by atoms with Gasteiger partial charge < -0.3 is 0 Å². The summed E-state index contributed by atoms with van der Waals surface area (Å²) in [5, 5.41) is -0.580. The predicted molar refractivity (Wildman–Crippen MR) is 34.1 cm³/mol. The molecule has 0 fully saturated rings. The van der Waals surface area contributed by atoms with Crippen molar-refractivity contribution < 1.29 is 17.6 Å². The van der Waals surface area contributed by atoms with Crippen molar-refractivity contribution in [3.05, 3.63) is 28.5 Å². The molecular weight excluding hydrogens is 198 g/mol. The molecule has 0 aromatic carbocycles. The van der Waals surface area contributed by atoms with Crippen LogP contribution in [0.3, 0.4) is 0 Å². The zero-order valence-corrected chi connectivity index (χ0v) is 6.25. The number of nitrogens with zero attached hydrogens (tertiary/aromatic N) is 1. The minimum atomic E-state index is -3.14. The van der Waals surface area contributed by atoms with E-state index >= 15 is 0 Å². The van der Waals surface area contributed by atoms with Gasteiger partial charge >= 0.3 is 0 Å². The van der Waals surface area contributed by atoms with Crippen LogP contribution in [0.2, 0.25) is 5.02 Å². The van der Waals surface area contributed by atoms with E-state index in [2.05, 4.69) is 4.98 Å². The highest BCUT2D eigenvalue weighted by molar-refractivity contribution is 6.31. The van der Waals surface area contributed by atoms with E-state index in [1.165, 1.54) is 0 Å². The second-order valence-electron chi connectivity index (χ2n) is 1.93. The summed E-state index contributed by atoms with van der Waals surface area (Å²) in [4.78, 5) is 2.81. The van der Waals surface area contributed by atoms with Gasteiger partial charge in [-0.2, -0.15) is 4.39 Å². The molecule has 0 aliphatic carbocycles. The normalized spacial score (nSPS) is 10.8. The topological polar surface area (TPSA) is 12.9 Å². The molecule has 0 amide bonds. The summed E-state index contributed by atoms with van der Waals surface area (Å²) < 4.78 is 48.7. The maximum atomic E-state index is 12.5. The fourth-order valence-corrected chi connectivity index (χ4v) is 0.870. The zero-order valence-electron chi connectivity index (χ0n) is 5.49. The maximum absolute atomic E-state index is 12.5. The minimum absolute atomic E-state index is 0.580. The predicted octanol–water partition coefficient (Wildman–Crippen LogP) is 2.95. The SMILES string of the molecule is Fc1ncc(Cl)c(C(F)F)c1F. The van der Waals surface area contributed by atoms with Gasteiger partial charge in [-0.3, -0.25) is 0 Å². The first-order valence-corrected chi connectivity index (χ1v) is 3.19. The molecule has 66 valence electrons. The standard InChI is InChI=1S/C6H2ClF4N/c7-2-1-12-6(11)4(8)3(2)5(9)10/h1,5H. The van der Waals surface area contributed by atoms with Crippen LogP contribution in [0.4, 0.5) is 17.6 Å². The van der Waals surface area contributed by atoms with Crippen LogP contribution in [0.5, 0.6) is 0 Å². The molecule has 0 aliphatic rings. The largest absolute Gasteiger partial charge is 0.268 e. The third-order valence-electron chi connectivity index (χ3n) is 1.18. The van der Waals surface area contributed by atoms with Crippen molar-refractivity contribution in [1.82, 2.24) is 4.98 Å². The Balaban J connectivity index is 3.33. The summed E-state index contributed by atoms with van der Waals surface area (Å²) in [6.45, 7) is 0. The van der Waals surface area contributed by atoms with Crippen molar-refractivity contribution in [2.24, 2.45) is 0 Å². The second-order valence-corrected chi connectivity index (χ2v) is 2.33. The van der Waals surface area contributed by atoms with E-state index in [9.17, 15) is 17.6 Å². The number of rotatable bonds is 1. The molecule has 1 rings (SSSR count). The summed E-state index contributed by atoms with van der Waals surface area (Å²) >= 11 is 5.15. The van der Waals surface area contributed by atoms with Gasteiger partial charge in [0.2, 0.25) is 5.95 Å². The van der Waals surface area contributed by atoms with Gasteiger partial charge in [-0.25, -0.2) is 18.2 Å². The van der Waals surface area contributed by atoms with Gasteiger partial charge in [0.25, 0.3) is 6.43 Å². The van der Waals surface area contributed by atoms with Crippen LogP contribution in [-0.2, 0) is 0 Å². The fraction of sp³-hybridized carbons (Fsp3) is 0.167. The Labute approximate surface area is 70.0 Å². The lowest BCUT2D eigenvalue weighted by molar-refractivity contribution is 0.144. The molecule has 1 aromatic rings. The Kier molecular flexibility index (Phi) is 2.52. The molecular formula is C6H2ClF4N. The van der Waals surface area contributed by atoms with E-state index in [1.54, 1.807) is 0 Å². The van der Waals surface area contributed by atoms with Crippen LogP contribution in [0, 0.1) is 11.8 Å². The average Bonchev–Trinajstić information content (AvgIpc) is 1.97. The Morgan fingerprint density at radius 3 is 2.33 bits per heavy atom. The summed E-state index contributed by atoms with van der Waals surface area (Å²) in [6.07, 6.45) is -2.50. The summed E-state index contributed by atoms with van der Waals surface area (Å²) in [7, 11) is 0. The number of pyridine rings is 1. The number of hydrogen-bond acceptors (Lipinski definition) is 1. The molecule has 0 unspecified atom stereocenters. The van der Waals surface area contributed by atoms with E-state index in [-0.39, 0.29) is 0 Å². The van der Waals surface area contributed by atoms with Crippen LogP contribution in [0.25, 0.3) is 0 Å². The molecule has 12 heavy (non-hydrogen) atoms. The highest BCUT2D eigenvalue weighted by Crippen LogP contribution is 2.29. The maximum Gasteiger partial charge on any atom is 0.268 e. The lowest BCUT2D eigenvalue weighted by Crippen LogP contribution is -1.98. The van der Waals surface area contributed by atoms with E-state index in [0.29, 0.717) is 6.20 Å². The molecule has 0 N–H and O–H groups in total. The summed E-state index contributed by atoms with van der Waals surface area (Å²) in [5.74, 6) is -3.27. The monoisotopic (exact) mass is 199 g/mol. The van der Waals surface area contributed by atoms with Gasteiger partial charge in [-0.15, -0.1) is 0 Å². The number of aromatic nitrogens is 1. The molecule has 0 saturated heterocycles. The van der Waals surface area contributed by atoms with Crippen molar-refractivity contribution in [2.75, 3.05) is 0 Å². The zero-order chi connectivity index (χ0) is 9.30. The van der Waals surface area contributed by atoms with Gasteiger partial charge in [0.05, 0.1) is 10.6 Å². The van der Waals surface area contributed by atoms with Crippen molar-refractivity contribution >= 4 is 11.6 Å². The fourth-order valence-electron chi connectivity index (χ4n) is 0.656. The van der Waals surface area contributed by atoms with Gasteiger partial charge in [-0.1, -0.05) is 11.6 Å². The Morgan fingerprint density at radius 1 is 1.33 bits per heavy atom. The lowest BCUT2D eigenvalue weighted by Gasteiger charge is -2.03. The summed E-state index contributed by atoms with van der Waals surface area (Å²) in [6, 6.07) is 0. The van der Waals surface area contributed by atoms with E-state index < -0.39 is 28.8 Å². The number of alkyl halides is 2. The van der Waals surface area contributed by atoms with Crippen molar-refractivity contribution in [1.29, 1.82) is 0 Å². The molecule has 1 heterocycles. The van der Waals surface area contributed by atoms with Crippen LogP contribution in [0.1, 0.15) is 12.0 Å². The molecule has 1 aromatic heterocycles. The Morgan fingerprint density at radius 2 is 1.92 bits per heavy atom. The molecule has 0 atom stereocenters.